The Labute approximate surface area is 128 Å². The molecule has 0 aliphatic heterocycles. The van der Waals surface area contributed by atoms with E-state index in [9.17, 15) is 19.8 Å². The maximum Gasteiger partial charge on any atom is 0.295 e. The number of carbonyl (C=O) groups is 2. The topological polar surface area (TPSA) is 74.6 Å². The second-order valence-electron chi connectivity index (χ2n) is 5.30. The lowest BCUT2D eigenvalue weighted by atomic mass is 10.1. The Bertz CT molecular complexity index is 551. The first kappa shape index (κ1) is 16.2. The van der Waals surface area contributed by atoms with E-state index < -0.39 is 17.4 Å². The third-order valence-corrected chi connectivity index (χ3v) is 4.71. The van der Waals surface area contributed by atoms with Crippen molar-refractivity contribution in [2.45, 2.75) is 49.7 Å². The van der Waals surface area contributed by atoms with Crippen LogP contribution in [0.2, 0.25) is 0 Å². The summed E-state index contributed by atoms with van der Waals surface area (Å²) in [5, 5.41) is 19.0. The van der Waals surface area contributed by atoms with E-state index in [1.54, 1.807) is 23.9 Å². The summed E-state index contributed by atoms with van der Waals surface area (Å²) in [7, 11) is 0. The Morgan fingerprint density at radius 1 is 1.00 bits per heavy atom. The van der Waals surface area contributed by atoms with Gasteiger partial charge >= 0.3 is 0 Å². The molecule has 1 aliphatic rings. The van der Waals surface area contributed by atoms with Crippen molar-refractivity contribution in [2.24, 2.45) is 0 Å². The van der Waals surface area contributed by atoms with Crippen LogP contribution in [0.3, 0.4) is 0 Å². The van der Waals surface area contributed by atoms with Crippen LogP contribution in [0.25, 0.3) is 0 Å². The monoisotopic (exact) mass is 308 g/mol. The van der Waals surface area contributed by atoms with Gasteiger partial charge in [-0.1, -0.05) is 32.6 Å². The van der Waals surface area contributed by atoms with E-state index in [1.807, 2.05) is 0 Å². The summed E-state index contributed by atoms with van der Waals surface area (Å²) < 4.78 is 0. The second kappa shape index (κ2) is 6.73. The van der Waals surface area contributed by atoms with Gasteiger partial charge in [0.2, 0.25) is 11.6 Å². The van der Waals surface area contributed by atoms with E-state index in [1.165, 1.54) is 31.7 Å². The van der Waals surface area contributed by atoms with Gasteiger partial charge in [-0.15, -0.1) is 11.8 Å². The minimum Gasteiger partial charge on any atom is -0.353 e. The van der Waals surface area contributed by atoms with Gasteiger partial charge in [0.05, 0.1) is 0 Å². The largest absolute Gasteiger partial charge is 0.353 e. The number of hydrogen-bond donors (Lipinski definition) is 2. The second-order valence-corrected chi connectivity index (χ2v) is 6.47. The van der Waals surface area contributed by atoms with Crippen LogP contribution in [0.15, 0.2) is 23.1 Å². The molecule has 0 amide bonds. The molecular formula is C16H20O4S. The van der Waals surface area contributed by atoms with Crippen LogP contribution in [-0.4, -0.2) is 33.3 Å². The van der Waals surface area contributed by atoms with Crippen molar-refractivity contribution in [1.82, 2.24) is 0 Å². The van der Waals surface area contributed by atoms with Crippen molar-refractivity contribution in [1.29, 1.82) is 0 Å². The summed E-state index contributed by atoms with van der Waals surface area (Å²) >= 11 is 1.62. The highest BCUT2D eigenvalue weighted by molar-refractivity contribution is 7.99. The maximum absolute atomic E-state index is 11.8. The molecule has 1 aliphatic carbocycles. The molecule has 0 atom stereocenters. The third kappa shape index (κ3) is 3.36. The Hall–Kier alpha value is -1.17. The number of ketones is 2. The smallest absolute Gasteiger partial charge is 0.295 e. The number of carbonyl (C=O) groups excluding carboxylic acids is 2. The van der Waals surface area contributed by atoms with Crippen LogP contribution >= 0.6 is 11.8 Å². The zero-order valence-corrected chi connectivity index (χ0v) is 12.9. The molecule has 0 radical (unpaired) electrons. The quantitative estimate of drug-likeness (QED) is 0.351. The summed E-state index contributed by atoms with van der Waals surface area (Å²) in [5.41, 5.74) is 0.207. The van der Waals surface area contributed by atoms with Gasteiger partial charge in [-0.05, 0) is 30.4 Å². The highest BCUT2D eigenvalue weighted by Gasteiger charge is 2.50. The zero-order valence-electron chi connectivity index (χ0n) is 12.1. The summed E-state index contributed by atoms with van der Waals surface area (Å²) in [4.78, 5) is 24.4. The molecule has 0 saturated carbocycles. The SMILES string of the molecule is CCCCCCCSc1ccc2c(c1)C(=O)C(O)(O)C2=O. The lowest BCUT2D eigenvalue weighted by Crippen LogP contribution is -2.40. The molecule has 2 N–H and O–H groups in total. The van der Waals surface area contributed by atoms with E-state index in [-0.39, 0.29) is 11.1 Å². The molecule has 5 heteroatoms. The molecule has 114 valence electrons. The van der Waals surface area contributed by atoms with Gasteiger partial charge in [0, 0.05) is 16.0 Å². The first-order valence-electron chi connectivity index (χ1n) is 7.29. The van der Waals surface area contributed by atoms with Gasteiger partial charge in [0.25, 0.3) is 5.79 Å². The highest BCUT2D eigenvalue weighted by Crippen LogP contribution is 2.32. The van der Waals surface area contributed by atoms with Gasteiger partial charge in [-0.25, -0.2) is 0 Å². The number of benzene rings is 1. The number of unbranched alkanes of at least 4 members (excludes halogenated alkanes) is 4. The van der Waals surface area contributed by atoms with E-state index in [0.717, 1.165) is 17.1 Å². The number of fused-ring (bicyclic) bond motifs is 1. The fourth-order valence-corrected chi connectivity index (χ4v) is 3.32. The molecule has 21 heavy (non-hydrogen) atoms. The molecular weight excluding hydrogens is 288 g/mol. The number of hydrogen-bond acceptors (Lipinski definition) is 5. The minimum absolute atomic E-state index is 0.0947. The predicted octanol–water partition coefficient (Wildman–Crippen LogP) is 2.81. The first-order valence-corrected chi connectivity index (χ1v) is 8.28. The molecule has 0 unspecified atom stereocenters. The molecule has 2 rings (SSSR count). The van der Waals surface area contributed by atoms with Crippen LogP contribution in [0.4, 0.5) is 0 Å². The standard InChI is InChI=1S/C16H20O4S/c1-2-3-4-5-6-9-21-11-7-8-12-13(10-11)15(18)16(19,20)14(12)17/h7-8,10,19-20H,2-6,9H2,1H3. The van der Waals surface area contributed by atoms with E-state index in [4.69, 9.17) is 0 Å². The summed E-state index contributed by atoms with van der Waals surface area (Å²) in [6.45, 7) is 2.18. The average molecular weight is 308 g/mol. The third-order valence-electron chi connectivity index (χ3n) is 3.63. The van der Waals surface area contributed by atoms with Gasteiger partial charge in [-0.2, -0.15) is 0 Å². The van der Waals surface area contributed by atoms with Crippen molar-refractivity contribution in [2.75, 3.05) is 5.75 Å². The lowest BCUT2D eigenvalue weighted by Gasteiger charge is -2.08. The molecule has 0 fully saturated rings. The summed E-state index contributed by atoms with van der Waals surface area (Å²) in [6.07, 6.45) is 6.03. The molecule has 0 spiro atoms. The Kier molecular flexibility index (Phi) is 5.19. The Balaban J connectivity index is 1.96. The first-order chi connectivity index (χ1) is 9.98. The number of rotatable bonds is 7. The highest BCUT2D eigenvalue weighted by atomic mass is 32.2. The fourth-order valence-electron chi connectivity index (χ4n) is 2.37. The molecule has 0 aromatic heterocycles. The van der Waals surface area contributed by atoms with E-state index in [2.05, 4.69) is 6.92 Å². The number of thioether (sulfide) groups is 1. The van der Waals surface area contributed by atoms with Crippen LogP contribution in [0, 0.1) is 0 Å². The lowest BCUT2D eigenvalue weighted by molar-refractivity contribution is -0.0857. The van der Waals surface area contributed by atoms with Crippen LogP contribution in [0.5, 0.6) is 0 Å². The molecule has 0 saturated heterocycles. The van der Waals surface area contributed by atoms with Gasteiger partial charge in [0.1, 0.15) is 0 Å². The Morgan fingerprint density at radius 2 is 1.67 bits per heavy atom. The normalized spacial score (nSPS) is 16.3. The van der Waals surface area contributed by atoms with Crippen LogP contribution in [-0.2, 0) is 0 Å². The molecule has 0 bridgehead atoms. The number of Topliss-reactive ketones (excluding diaryl/α,β-unsaturated/α-hetero) is 2. The van der Waals surface area contributed by atoms with Crippen molar-refractivity contribution in [3.63, 3.8) is 0 Å². The van der Waals surface area contributed by atoms with Gasteiger partial charge in [-0.3, -0.25) is 9.59 Å². The average Bonchev–Trinajstić information content (AvgIpc) is 2.64. The van der Waals surface area contributed by atoms with Crippen molar-refractivity contribution >= 4 is 23.3 Å². The summed E-state index contributed by atoms with van der Waals surface area (Å²) in [5.74, 6) is -3.79. The Morgan fingerprint density at radius 3 is 2.38 bits per heavy atom. The van der Waals surface area contributed by atoms with Crippen molar-refractivity contribution in [3.05, 3.63) is 29.3 Å². The zero-order chi connectivity index (χ0) is 15.5. The van der Waals surface area contributed by atoms with Crippen LogP contribution < -0.4 is 0 Å². The van der Waals surface area contributed by atoms with Crippen LogP contribution in [0.1, 0.15) is 59.7 Å². The van der Waals surface area contributed by atoms with Crippen molar-refractivity contribution in [3.8, 4) is 0 Å². The molecule has 1 aromatic carbocycles. The van der Waals surface area contributed by atoms with Crippen molar-refractivity contribution < 1.29 is 19.8 Å². The minimum atomic E-state index is -2.88. The van der Waals surface area contributed by atoms with Gasteiger partial charge in [0.15, 0.2) is 0 Å². The summed E-state index contributed by atoms with van der Waals surface area (Å²) in [6, 6.07) is 4.84. The molecule has 1 aromatic rings. The van der Waals surface area contributed by atoms with E-state index >= 15 is 0 Å². The molecule has 0 heterocycles. The molecule has 4 nitrogen and oxygen atoms in total. The van der Waals surface area contributed by atoms with E-state index in [0.29, 0.717) is 0 Å². The maximum atomic E-state index is 11.8. The fraction of sp³-hybridized carbons (Fsp3) is 0.500. The number of aliphatic hydroxyl groups is 2. The van der Waals surface area contributed by atoms with Gasteiger partial charge < -0.3 is 10.2 Å². The predicted molar refractivity (Wildman–Crippen MR) is 81.8 cm³/mol.